The Balaban J connectivity index is 0.000000222. The summed E-state index contributed by atoms with van der Waals surface area (Å²) in [6.45, 7) is 1.02. The minimum Gasteiger partial charge on any atom is -0.674 e. The number of rotatable bonds is 8. The summed E-state index contributed by atoms with van der Waals surface area (Å²) in [5.41, 5.74) is 14.9. The number of hydrogen-bond acceptors (Lipinski definition) is 0. The molecule has 2 nitrogen and oxygen atoms in total. The molecule has 0 saturated heterocycles. The molecule has 4 rings (SSSR count). The van der Waals surface area contributed by atoms with Crippen molar-refractivity contribution >= 4 is 56.4 Å². The van der Waals surface area contributed by atoms with Gasteiger partial charge in [-0.1, -0.05) is 72.8 Å². The van der Waals surface area contributed by atoms with E-state index in [0.717, 1.165) is 12.3 Å². The van der Waals surface area contributed by atoms with Crippen molar-refractivity contribution in [3.05, 3.63) is 133 Å². The van der Waals surface area contributed by atoms with E-state index in [-0.39, 0.29) is 15.1 Å². The van der Waals surface area contributed by atoms with Gasteiger partial charge in [0.2, 0.25) is 0 Å². The van der Waals surface area contributed by atoms with Gasteiger partial charge in [0.25, 0.3) is 0 Å². The van der Waals surface area contributed by atoms with Crippen LogP contribution >= 0.6 is 35.2 Å². The van der Waals surface area contributed by atoms with Gasteiger partial charge in [0.1, 0.15) is 0 Å². The number of halogens is 2. The first-order chi connectivity index (χ1) is 17.2. The number of nitrogens with one attached hydrogen (secondary N) is 2. The van der Waals surface area contributed by atoms with Gasteiger partial charge in [-0.3, -0.25) is 0 Å². The first-order valence-electron chi connectivity index (χ1n) is 11.3. The molecule has 0 spiro atoms. The van der Waals surface area contributed by atoms with Crippen molar-refractivity contribution in [3.63, 3.8) is 0 Å². The molecular formula is C28H32Cl2N2P2Ru+2. The summed E-state index contributed by atoms with van der Waals surface area (Å²) in [5.74, 6) is 0. The van der Waals surface area contributed by atoms with Crippen LogP contribution in [-0.2, 0) is 15.1 Å². The molecule has 0 heterocycles. The second-order valence-electron chi connectivity index (χ2n) is 7.47. The van der Waals surface area contributed by atoms with E-state index in [1.165, 1.54) is 21.2 Å². The molecule has 35 heavy (non-hydrogen) atoms. The quantitative estimate of drug-likeness (QED) is 0.146. The molecule has 0 aliphatic carbocycles. The van der Waals surface area contributed by atoms with Gasteiger partial charge >= 0.3 is 34.5 Å². The van der Waals surface area contributed by atoms with Gasteiger partial charge in [-0.25, -0.2) is 0 Å². The van der Waals surface area contributed by atoms with E-state index in [4.69, 9.17) is 30.8 Å². The minimum atomic E-state index is -0.738. The predicted molar refractivity (Wildman–Crippen MR) is 161 cm³/mol. The maximum absolute atomic E-state index is 7.46. The molecule has 0 unspecified atom stereocenters. The molecule has 0 bridgehead atoms. The van der Waals surface area contributed by atoms with E-state index in [1.54, 1.807) is 0 Å². The zero-order chi connectivity index (χ0) is 25.1. The van der Waals surface area contributed by atoms with Gasteiger partial charge in [0, 0.05) is 12.3 Å². The molecule has 0 saturated carbocycles. The largest absolute Gasteiger partial charge is 0.674 e. The van der Waals surface area contributed by atoms with Crippen molar-refractivity contribution in [2.75, 3.05) is 25.4 Å². The molecule has 4 aromatic rings. The summed E-state index contributed by atoms with van der Waals surface area (Å²) in [4.78, 5) is 0. The van der Waals surface area contributed by atoms with E-state index < -0.39 is 15.8 Å². The van der Waals surface area contributed by atoms with Crippen LogP contribution in [0.5, 0.6) is 0 Å². The van der Waals surface area contributed by atoms with Crippen molar-refractivity contribution in [1.29, 1.82) is 0 Å². The molecule has 0 aromatic heterocycles. The zero-order valence-electron chi connectivity index (χ0n) is 19.5. The average Bonchev–Trinajstić information content (AvgIpc) is 2.93. The van der Waals surface area contributed by atoms with Crippen LogP contribution in [0.25, 0.3) is 11.5 Å². The molecule has 7 heteroatoms. The van der Waals surface area contributed by atoms with Crippen LogP contribution in [0.15, 0.2) is 121 Å². The summed E-state index contributed by atoms with van der Waals surface area (Å²) in [5, 5.41) is 5.63. The molecule has 184 valence electrons. The Morgan fingerprint density at radius 2 is 0.657 bits per heavy atom. The monoisotopic (exact) mass is 630 g/mol. The Hall–Kier alpha value is -1.14. The van der Waals surface area contributed by atoms with Crippen LogP contribution in [0.1, 0.15) is 0 Å². The van der Waals surface area contributed by atoms with Crippen molar-refractivity contribution in [1.82, 2.24) is 0 Å². The van der Waals surface area contributed by atoms with E-state index in [9.17, 15) is 0 Å². The molecule has 4 aromatic carbocycles. The summed E-state index contributed by atoms with van der Waals surface area (Å²) in [6.07, 6.45) is 1.97. The molecule has 0 amide bonds. The van der Waals surface area contributed by atoms with Crippen molar-refractivity contribution in [2.45, 2.75) is 0 Å². The Labute approximate surface area is 228 Å². The summed E-state index contributed by atoms with van der Waals surface area (Å²) < 4.78 is 0. The normalized spacial score (nSPS) is 10.2. The zero-order valence-corrected chi connectivity index (χ0v) is 24.7. The van der Waals surface area contributed by atoms with Crippen LogP contribution < -0.4 is 21.2 Å². The summed E-state index contributed by atoms with van der Waals surface area (Å²) >= 11 is -0.346. The third kappa shape index (κ3) is 11.2. The van der Waals surface area contributed by atoms with Crippen molar-refractivity contribution in [2.24, 2.45) is 0 Å². The molecule has 0 radical (unpaired) electrons. The Kier molecular flexibility index (Phi) is 16.4. The molecule has 2 N–H and O–H groups in total. The standard InChI is InChI=1S/2C14H15NP.2ClH.Ru/c2*15-11-12-16(13-7-3-1-4-8-13)14-9-5-2-6-10-14;;;/h2*1-10,15H,11-12H2;2*1H;/q2*-1;;;+4. The average molecular weight is 631 g/mol. The van der Waals surface area contributed by atoms with Crippen LogP contribution in [0.3, 0.4) is 0 Å². The first-order valence-corrected chi connectivity index (χ1v) is 19.2. The fourth-order valence-corrected chi connectivity index (χ4v) is 8.42. The summed E-state index contributed by atoms with van der Waals surface area (Å²) in [6, 6.07) is 42.5. The molecular weight excluding hydrogens is 598 g/mol. The van der Waals surface area contributed by atoms with Gasteiger partial charge in [-0.15, -0.1) is 13.1 Å². The Morgan fingerprint density at radius 3 is 0.829 bits per heavy atom. The molecule has 0 aliphatic rings. The Bertz CT molecular complexity index is 866. The van der Waals surface area contributed by atoms with Crippen LogP contribution in [-0.4, -0.2) is 25.4 Å². The van der Waals surface area contributed by atoms with Crippen LogP contribution in [0, 0.1) is 0 Å². The van der Waals surface area contributed by atoms with Crippen molar-refractivity contribution < 1.29 is 15.1 Å². The van der Waals surface area contributed by atoms with E-state index in [2.05, 4.69) is 121 Å². The van der Waals surface area contributed by atoms with E-state index in [1.807, 2.05) is 0 Å². The molecule has 0 fully saturated rings. The van der Waals surface area contributed by atoms with Gasteiger partial charge in [0.15, 0.2) is 0 Å². The maximum Gasteiger partial charge on any atom is 0.0966 e. The van der Waals surface area contributed by atoms with Gasteiger partial charge in [-0.2, -0.15) is 0 Å². The smallest absolute Gasteiger partial charge is 0.0966 e. The van der Waals surface area contributed by atoms with Gasteiger partial charge in [0.05, 0.1) is 37.1 Å². The fourth-order valence-electron chi connectivity index (χ4n) is 3.72. The second-order valence-corrected chi connectivity index (χ2v) is 15.3. The third-order valence-corrected chi connectivity index (χ3v) is 10.9. The molecule has 0 aliphatic heterocycles. The SMILES string of the molecule is [Cl][Ru+2][Cl].[NH-]CC[PH+](c1ccccc1)c1ccccc1.[NH-]CC[PH+](c1ccccc1)c1ccccc1. The Morgan fingerprint density at radius 1 is 0.457 bits per heavy atom. The first kappa shape index (κ1) is 30.1. The number of benzene rings is 4. The second kappa shape index (κ2) is 19.0. The van der Waals surface area contributed by atoms with E-state index >= 15 is 0 Å². The van der Waals surface area contributed by atoms with Crippen LogP contribution in [0.4, 0.5) is 0 Å². The van der Waals surface area contributed by atoms with Gasteiger partial charge in [-0.05, 0) is 48.5 Å². The fraction of sp³-hybridized carbons (Fsp3) is 0.143. The maximum atomic E-state index is 7.46. The number of hydrogen-bond donors (Lipinski definition) is 0. The van der Waals surface area contributed by atoms with Crippen LogP contribution in [0.2, 0.25) is 0 Å². The third-order valence-electron chi connectivity index (χ3n) is 5.24. The minimum absolute atomic E-state index is 0.346. The van der Waals surface area contributed by atoms with Gasteiger partial charge < -0.3 is 11.5 Å². The predicted octanol–water partition coefficient (Wildman–Crippen LogP) is 7.18. The summed E-state index contributed by atoms with van der Waals surface area (Å²) in [7, 11) is 8.23. The molecule has 0 atom stereocenters. The topological polar surface area (TPSA) is 47.6 Å². The van der Waals surface area contributed by atoms with E-state index in [0.29, 0.717) is 13.1 Å². The van der Waals surface area contributed by atoms with Crippen molar-refractivity contribution in [3.8, 4) is 0 Å².